The number of rotatable bonds is 7. The number of nitrogens with zero attached hydrogens (tertiary/aromatic N) is 3. The minimum absolute atomic E-state index is 0.273. The van der Waals surface area contributed by atoms with E-state index >= 15 is 0 Å². The smallest absolute Gasteiger partial charge is 0.258 e. The number of aromatic nitrogens is 2. The number of methoxy groups -OCH3 is 1. The number of imidazole rings is 1. The van der Waals surface area contributed by atoms with Crippen molar-refractivity contribution in [2.75, 3.05) is 13.7 Å². The minimum Gasteiger partial charge on any atom is -0.493 e. The molecule has 7 nitrogen and oxygen atoms in total. The molecule has 2 aromatic carbocycles. The summed E-state index contributed by atoms with van der Waals surface area (Å²) in [6, 6.07) is 12.0. The fourth-order valence-electron chi connectivity index (χ4n) is 2.81. The van der Waals surface area contributed by atoms with E-state index in [0.717, 1.165) is 0 Å². The van der Waals surface area contributed by atoms with Crippen LogP contribution in [0.5, 0.6) is 11.5 Å². The van der Waals surface area contributed by atoms with Crippen molar-refractivity contribution in [2.24, 2.45) is 7.05 Å². The Morgan fingerprint density at radius 2 is 2.03 bits per heavy atom. The third-order valence-electron chi connectivity index (χ3n) is 4.28. The van der Waals surface area contributed by atoms with Crippen LogP contribution in [-0.2, 0) is 11.8 Å². The second kappa shape index (κ2) is 8.89. The van der Waals surface area contributed by atoms with Gasteiger partial charge in [0.2, 0.25) is 0 Å². The summed E-state index contributed by atoms with van der Waals surface area (Å²) in [5.74, 6) is 0.539. The Kier molecular flexibility index (Phi) is 6.09. The Bertz CT molecular complexity index is 1040. The van der Waals surface area contributed by atoms with Crippen molar-refractivity contribution in [3.05, 3.63) is 77.6 Å². The molecule has 1 atom stereocenters. The molecule has 0 saturated heterocycles. The molecule has 0 radical (unpaired) electrons. The van der Waals surface area contributed by atoms with Gasteiger partial charge < -0.3 is 19.4 Å². The third-order valence-corrected chi connectivity index (χ3v) is 4.28. The van der Waals surface area contributed by atoms with Crippen molar-refractivity contribution in [1.82, 2.24) is 14.9 Å². The highest BCUT2D eigenvalue weighted by molar-refractivity contribution is 5.78. The molecule has 1 heterocycles. The maximum atomic E-state index is 13.3. The summed E-state index contributed by atoms with van der Waals surface area (Å²) in [6.45, 7) is -0.273. The normalized spacial score (nSPS) is 11.4. The van der Waals surface area contributed by atoms with Gasteiger partial charge in [0.1, 0.15) is 17.7 Å². The molecule has 0 fully saturated rings. The summed E-state index contributed by atoms with van der Waals surface area (Å²) in [5.41, 5.74) is 1.11. The second-order valence-corrected chi connectivity index (χ2v) is 6.21. The van der Waals surface area contributed by atoms with Gasteiger partial charge in [-0.3, -0.25) is 4.79 Å². The molecular weight excluding hydrogens is 375 g/mol. The van der Waals surface area contributed by atoms with Gasteiger partial charge in [-0.25, -0.2) is 9.37 Å². The number of hydrogen-bond donors (Lipinski definition) is 1. The van der Waals surface area contributed by atoms with E-state index < -0.39 is 11.9 Å². The minimum atomic E-state index is -0.574. The van der Waals surface area contributed by atoms with Gasteiger partial charge in [-0.15, -0.1) is 0 Å². The molecule has 0 bridgehead atoms. The molecule has 0 saturated carbocycles. The van der Waals surface area contributed by atoms with Gasteiger partial charge in [-0.1, -0.05) is 12.1 Å². The van der Waals surface area contributed by atoms with E-state index in [1.165, 1.54) is 25.3 Å². The van der Waals surface area contributed by atoms with Crippen molar-refractivity contribution in [3.8, 4) is 17.6 Å². The van der Waals surface area contributed by atoms with Crippen LogP contribution in [0.15, 0.2) is 54.9 Å². The zero-order valence-corrected chi connectivity index (χ0v) is 15.9. The van der Waals surface area contributed by atoms with Crippen LogP contribution in [0.25, 0.3) is 0 Å². The van der Waals surface area contributed by atoms with Gasteiger partial charge in [0.25, 0.3) is 5.91 Å². The number of ether oxygens (including phenoxy) is 2. The van der Waals surface area contributed by atoms with Crippen molar-refractivity contribution in [1.29, 1.82) is 5.26 Å². The summed E-state index contributed by atoms with van der Waals surface area (Å²) in [5, 5.41) is 11.8. The summed E-state index contributed by atoms with van der Waals surface area (Å²) < 4.78 is 25.8. The van der Waals surface area contributed by atoms with Crippen molar-refractivity contribution in [2.45, 2.75) is 6.04 Å². The van der Waals surface area contributed by atoms with Crippen LogP contribution < -0.4 is 14.8 Å². The Morgan fingerprint density at radius 1 is 1.28 bits per heavy atom. The number of carbonyl (C=O) groups is 1. The van der Waals surface area contributed by atoms with E-state index in [1.54, 1.807) is 41.2 Å². The van der Waals surface area contributed by atoms with Crippen LogP contribution in [0, 0.1) is 17.1 Å². The lowest BCUT2D eigenvalue weighted by Gasteiger charge is -2.19. The third kappa shape index (κ3) is 4.71. The zero-order valence-electron chi connectivity index (χ0n) is 15.9. The van der Waals surface area contributed by atoms with Gasteiger partial charge >= 0.3 is 0 Å². The van der Waals surface area contributed by atoms with E-state index in [4.69, 9.17) is 14.7 Å². The highest BCUT2D eigenvalue weighted by Gasteiger charge is 2.21. The molecule has 3 aromatic rings. The molecule has 0 aliphatic carbocycles. The van der Waals surface area contributed by atoms with Crippen molar-refractivity contribution in [3.63, 3.8) is 0 Å². The fourth-order valence-corrected chi connectivity index (χ4v) is 2.81. The molecule has 1 aromatic heterocycles. The SMILES string of the molecule is COc1cc(C#N)ccc1OCC(=O)NC(c1ccc(F)cc1)c1nccn1C. The summed E-state index contributed by atoms with van der Waals surface area (Å²) in [4.78, 5) is 16.9. The Labute approximate surface area is 167 Å². The Morgan fingerprint density at radius 3 is 2.66 bits per heavy atom. The van der Waals surface area contributed by atoms with E-state index in [9.17, 15) is 9.18 Å². The largest absolute Gasteiger partial charge is 0.493 e. The first-order chi connectivity index (χ1) is 14.0. The monoisotopic (exact) mass is 394 g/mol. The van der Waals surface area contributed by atoms with Crippen LogP contribution >= 0.6 is 0 Å². The molecule has 8 heteroatoms. The topological polar surface area (TPSA) is 89.2 Å². The van der Waals surface area contributed by atoms with E-state index in [-0.39, 0.29) is 12.4 Å². The van der Waals surface area contributed by atoms with Crippen LogP contribution in [0.2, 0.25) is 0 Å². The maximum Gasteiger partial charge on any atom is 0.258 e. The van der Waals surface area contributed by atoms with Gasteiger partial charge in [0, 0.05) is 25.5 Å². The van der Waals surface area contributed by atoms with Crippen LogP contribution in [0.3, 0.4) is 0 Å². The summed E-state index contributed by atoms with van der Waals surface area (Å²) >= 11 is 0. The predicted octanol–water partition coefficient (Wildman–Crippen LogP) is 2.72. The molecule has 0 spiro atoms. The average molecular weight is 394 g/mol. The molecule has 0 aliphatic rings. The lowest BCUT2D eigenvalue weighted by Crippen LogP contribution is -2.34. The summed E-state index contributed by atoms with van der Waals surface area (Å²) in [6.07, 6.45) is 3.38. The van der Waals surface area contributed by atoms with Gasteiger partial charge in [-0.2, -0.15) is 5.26 Å². The number of carbonyl (C=O) groups excluding carboxylic acids is 1. The number of halogens is 1. The first kappa shape index (κ1) is 19.9. The molecule has 1 unspecified atom stereocenters. The molecule has 29 heavy (non-hydrogen) atoms. The second-order valence-electron chi connectivity index (χ2n) is 6.21. The quantitative estimate of drug-likeness (QED) is 0.666. The van der Waals surface area contributed by atoms with E-state index in [1.807, 2.05) is 13.1 Å². The number of hydrogen-bond acceptors (Lipinski definition) is 5. The first-order valence-corrected chi connectivity index (χ1v) is 8.75. The molecule has 3 rings (SSSR count). The van der Waals surface area contributed by atoms with E-state index in [0.29, 0.717) is 28.5 Å². The van der Waals surface area contributed by atoms with Crippen molar-refractivity contribution >= 4 is 5.91 Å². The van der Waals surface area contributed by atoms with Crippen molar-refractivity contribution < 1.29 is 18.7 Å². The zero-order chi connectivity index (χ0) is 20.8. The van der Waals surface area contributed by atoms with E-state index in [2.05, 4.69) is 10.3 Å². The molecular formula is C21H19FN4O3. The average Bonchev–Trinajstić information content (AvgIpc) is 3.16. The number of nitriles is 1. The lowest BCUT2D eigenvalue weighted by molar-refractivity contribution is -0.123. The molecule has 1 amide bonds. The lowest BCUT2D eigenvalue weighted by atomic mass is 10.1. The van der Waals surface area contributed by atoms with Gasteiger partial charge in [0.15, 0.2) is 18.1 Å². The Hall–Kier alpha value is -3.86. The fraction of sp³-hybridized carbons (Fsp3) is 0.190. The van der Waals surface area contributed by atoms with Crippen LogP contribution in [0.4, 0.5) is 4.39 Å². The predicted molar refractivity (Wildman–Crippen MR) is 103 cm³/mol. The number of benzene rings is 2. The summed E-state index contributed by atoms with van der Waals surface area (Å²) in [7, 11) is 3.26. The number of nitrogens with one attached hydrogen (secondary N) is 1. The van der Waals surface area contributed by atoms with Gasteiger partial charge in [0.05, 0.1) is 18.7 Å². The standard InChI is InChI=1S/C21H19FN4O3/c1-26-10-9-24-21(26)20(15-4-6-16(22)7-5-15)25-19(27)13-29-17-8-3-14(12-23)11-18(17)28-2/h3-11,20H,13H2,1-2H3,(H,25,27). The van der Waals surface area contributed by atoms with Crippen LogP contribution in [-0.4, -0.2) is 29.2 Å². The highest BCUT2D eigenvalue weighted by Crippen LogP contribution is 2.28. The first-order valence-electron chi connectivity index (χ1n) is 8.75. The van der Waals surface area contributed by atoms with Crippen LogP contribution in [0.1, 0.15) is 23.0 Å². The number of aryl methyl sites for hydroxylation is 1. The highest BCUT2D eigenvalue weighted by atomic mass is 19.1. The molecule has 0 aliphatic heterocycles. The maximum absolute atomic E-state index is 13.3. The van der Waals surface area contributed by atoms with Gasteiger partial charge in [-0.05, 0) is 29.8 Å². The molecule has 1 N–H and O–H groups in total. The number of amides is 1. The molecule has 148 valence electrons. The Balaban J connectivity index is 1.75.